The van der Waals surface area contributed by atoms with Gasteiger partial charge in [0.15, 0.2) is 11.5 Å². The Morgan fingerprint density at radius 1 is 0.710 bits per heavy atom. The van der Waals surface area contributed by atoms with Crippen LogP contribution in [0.25, 0.3) is 22.5 Å². The maximum atomic E-state index is 5.34. The second-order valence-corrected chi connectivity index (χ2v) is 6.68. The van der Waals surface area contributed by atoms with Gasteiger partial charge in [0.2, 0.25) is 5.95 Å². The number of benzene rings is 3. The van der Waals surface area contributed by atoms with Crippen molar-refractivity contribution < 1.29 is 9.47 Å². The van der Waals surface area contributed by atoms with E-state index in [1.165, 1.54) is 0 Å². The zero-order valence-electron chi connectivity index (χ0n) is 17.3. The van der Waals surface area contributed by atoms with Gasteiger partial charge in [-0.15, -0.1) is 0 Å². The molecule has 154 valence electrons. The summed E-state index contributed by atoms with van der Waals surface area (Å²) in [5.74, 6) is 1.72. The van der Waals surface area contributed by atoms with Crippen LogP contribution in [0.5, 0.6) is 11.5 Å². The fourth-order valence-electron chi connectivity index (χ4n) is 3.11. The molecule has 4 aromatic rings. The lowest BCUT2D eigenvalue weighted by molar-refractivity contribution is 0.355. The molecular formula is C25H22N4O2. The zero-order valence-corrected chi connectivity index (χ0v) is 17.3. The summed E-state index contributed by atoms with van der Waals surface area (Å²) >= 11 is 0. The molecular weight excluding hydrogens is 388 g/mol. The van der Waals surface area contributed by atoms with Crippen molar-refractivity contribution in [3.05, 3.63) is 90.5 Å². The molecule has 6 nitrogen and oxygen atoms in total. The molecule has 0 amide bonds. The maximum absolute atomic E-state index is 5.34. The molecule has 0 fully saturated rings. The van der Waals surface area contributed by atoms with Crippen molar-refractivity contribution in [1.29, 1.82) is 0 Å². The van der Waals surface area contributed by atoms with E-state index in [4.69, 9.17) is 9.47 Å². The van der Waals surface area contributed by atoms with Crippen molar-refractivity contribution in [2.45, 2.75) is 0 Å². The monoisotopic (exact) mass is 410 g/mol. The molecule has 0 saturated carbocycles. The second-order valence-electron chi connectivity index (χ2n) is 6.68. The third-order valence-electron chi connectivity index (χ3n) is 4.65. The first-order valence-corrected chi connectivity index (χ1v) is 9.78. The average molecular weight is 410 g/mol. The molecule has 0 spiro atoms. The van der Waals surface area contributed by atoms with Crippen molar-refractivity contribution in [3.8, 4) is 34.0 Å². The van der Waals surface area contributed by atoms with E-state index in [9.17, 15) is 0 Å². The van der Waals surface area contributed by atoms with E-state index in [1.54, 1.807) is 20.4 Å². The zero-order chi connectivity index (χ0) is 21.5. The predicted octanol–water partition coefficient (Wildman–Crippen LogP) is 5.27. The minimum atomic E-state index is 0.414. The van der Waals surface area contributed by atoms with Crippen LogP contribution in [0.4, 0.5) is 5.95 Å². The summed E-state index contributed by atoms with van der Waals surface area (Å²) in [6.07, 6.45) is 1.68. The number of nitrogens with one attached hydrogen (secondary N) is 1. The van der Waals surface area contributed by atoms with Crippen molar-refractivity contribution in [1.82, 2.24) is 9.97 Å². The van der Waals surface area contributed by atoms with Gasteiger partial charge < -0.3 is 9.47 Å². The number of hydrazone groups is 1. The second kappa shape index (κ2) is 9.54. The topological polar surface area (TPSA) is 68.6 Å². The smallest absolute Gasteiger partial charge is 0.244 e. The molecule has 1 N–H and O–H groups in total. The van der Waals surface area contributed by atoms with E-state index in [0.717, 1.165) is 28.1 Å². The molecule has 3 aromatic carbocycles. The fraction of sp³-hybridized carbons (Fsp3) is 0.0800. The number of nitrogens with zero attached hydrogens (tertiary/aromatic N) is 3. The van der Waals surface area contributed by atoms with Gasteiger partial charge in [-0.1, -0.05) is 60.7 Å². The van der Waals surface area contributed by atoms with Crippen LogP contribution < -0.4 is 14.9 Å². The minimum Gasteiger partial charge on any atom is -0.493 e. The first kappa shape index (κ1) is 20.1. The Bertz CT molecular complexity index is 1120. The molecule has 0 aliphatic carbocycles. The van der Waals surface area contributed by atoms with Gasteiger partial charge >= 0.3 is 0 Å². The lowest BCUT2D eigenvalue weighted by Gasteiger charge is -2.09. The first-order chi connectivity index (χ1) is 15.3. The molecule has 31 heavy (non-hydrogen) atoms. The van der Waals surface area contributed by atoms with Gasteiger partial charge in [-0.3, -0.25) is 0 Å². The highest BCUT2D eigenvalue weighted by Gasteiger charge is 2.08. The maximum Gasteiger partial charge on any atom is 0.244 e. The summed E-state index contributed by atoms with van der Waals surface area (Å²) in [7, 11) is 3.21. The van der Waals surface area contributed by atoms with E-state index in [0.29, 0.717) is 17.4 Å². The Balaban J connectivity index is 1.64. The van der Waals surface area contributed by atoms with Crippen molar-refractivity contribution in [3.63, 3.8) is 0 Å². The van der Waals surface area contributed by atoms with Gasteiger partial charge in [0.1, 0.15) is 0 Å². The van der Waals surface area contributed by atoms with Crippen LogP contribution in [0.3, 0.4) is 0 Å². The highest BCUT2D eigenvalue weighted by molar-refractivity contribution is 5.81. The average Bonchev–Trinajstić information content (AvgIpc) is 2.85. The van der Waals surface area contributed by atoms with Crippen molar-refractivity contribution in [2.75, 3.05) is 19.6 Å². The lowest BCUT2D eigenvalue weighted by atomic mass is 10.1. The molecule has 0 radical (unpaired) electrons. The summed E-state index contributed by atoms with van der Waals surface area (Å²) in [5.41, 5.74) is 7.46. The van der Waals surface area contributed by atoms with Crippen molar-refractivity contribution in [2.24, 2.45) is 5.10 Å². The van der Waals surface area contributed by atoms with E-state index in [-0.39, 0.29) is 0 Å². The van der Waals surface area contributed by atoms with Gasteiger partial charge in [0.05, 0.1) is 31.8 Å². The lowest BCUT2D eigenvalue weighted by Crippen LogP contribution is -2.00. The normalized spacial score (nSPS) is 10.8. The van der Waals surface area contributed by atoms with Crippen LogP contribution in [-0.2, 0) is 0 Å². The van der Waals surface area contributed by atoms with E-state index >= 15 is 0 Å². The van der Waals surface area contributed by atoms with Crippen LogP contribution in [0.15, 0.2) is 90.0 Å². The number of hydrogen-bond donors (Lipinski definition) is 1. The first-order valence-electron chi connectivity index (χ1n) is 9.78. The molecule has 1 aromatic heterocycles. The molecule has 6 heteroatoms. The van der Waals surface area contributed by atoms with E-state index in [2.05, 4.69) is 20.5 Å². The van der Waals surface area contributed by atoms with Gasteiger partial charge in [-0.05, 0) is 29.8 Å². The largest absolute Gasteiger partial charge is 0.493 e. The molecule has 0 bridgehead atoms. The summed E-state index contributed by atoms with van der Waals surface area (Å²) in [4.78, 5) is 9.28. The van der Waals surface area contributed by atoms with Gasteiger partial charge in [0.25, 0.3) is 0 Å². The summed E-state index contributed by atoms with van der Waals surface area (Å²) < 4.78 is 10.6. The number of hydrogen-bond acceptors (Lipinski definition) is 6. The number of anilines is 1. The van der Waals surface area contributed by atoms with Gasteiger partial charge in [-0.25, -0.2) is 15.4 Å². The number of aromatic nitrogens is 2. The summed E-state index contributed by atoms with van der Waals surface area (Å²) in [5, 5.41) is 4.32. The Morgan fingerprint density at radius 2 is 1.29 bits per heavy atom. The molecule has 0 unspecified atom stereocenters. The summed E-state index contributed by atoms with van der Waals surface area (Å²) in [6.45, 7) is 0. The molecule has 0 saturated heterocycles. The van der Waals surface area contributed by atoms with E-state index < -0.39 is 0 Å². The minimum absolute atomic E-state index is 0.414. The highest BCUT2D eigenvalue weighted by Crippen LogP contribution is 2.27. The van der Waals surface area contributed by atoms with Gasteiger partial charge in [-0.2, -0.15) is 5.10 Å². The molecule has 0 aliphatic heterocycles. The standard InChI is InChI=1S/C25H22N4O2/c1-30-23-14-13-18(15-24(23)31-2)17-26-29-25-27-21(19-9-5-3-6-10-19)16-22(28-25)20-11-7-4-8-12-20/h3-17H,1-2H3,(H,27,28,29)/b26-17+. The van der Waals surface area contributed by atoms with Crippen molar-refractivity contribution >= 4 is 12.2 Å². The third kappa shape index (κ3) is 4.87. The fourth-order valence-corrected chi connectivity index (χ4v) is 3.11. The van der Waals surface area contributed by atoms with E-state index in [1.807, 2.05) is 84.9 Å². The Hall–Kier alpha value is -4.19. The van der Waals surface area contributed by atoms with Crippen LogP contribution in [-0.4, -0.2) is 30.4 Å². The SMILES string of the molecule is COc1ccc(/C=N/Nc2nc(-c3ccccc3)cc(-c3ccccc3)n2)cc1OC. The van der Waals surface area contributed by atoms with Crippen LogP contribution in [0.1, 0.15) is 5.56 Å². The molecule has 1 heterocycles. The number of methoxy groups -OCH3 is 2. The van der Waals surface area contributed by atoms with Crippen LogP contribution >= 0.6 is 0 Å². The number of rotatable bonds is 7. The predicted molar refractivity (Wildman–Crippen MR) is 124 cm³/mol. The Morgan fingerprint density at radius 3 is 1.84 bits per heavy atom. The number of ether oxygens (including phenoxy) is 2. The molecule has 0 atom stereocenters. The molecule has 0 aliphatic rings. The Labute approximate surface area is 181 Å². The highest BCUT2D eigenvalue weighted by atomic mass is 16.5. The quantitative estimate of drug-likeness (QED) is 0.332. The Kier molecular flexibility index (Phi) is 6.18. The third-order valence-corrected chi connectivity index (χ3v) is 4.65. The molecule has 4 rings (SSSR count). The van der Waals surface area contributed by atoms with Crippen LogP contribution in [0.2, 0.25) is 0 Å². The summed E-state index contributed by atoms with van der Waals surface area (Å²) in [6, 6.07) is 27.6. The van der Waals surface area contributed by atoms with Crippen LogP contribution in [0, 0.1) is 0 Å². The van der Waals surface area contributed by atoms with Gasteiger partial charge in [0, 0.05) is 11.1 Å².